The minimum Gasteiger partial charge on any atom is -0.496 e. The molecule has 1 aliphatic heterocycles. The van der Waals surface area contributed by atoms with Crippen LogP contribution in [0.25, 0.3) is 0 Å². The first-order chi connectivity index (χ1) is 12.7. The Kier molecular flexibility index (Phi) is 6.04. The third kappa shape index (κ3) is 3.65. The molecule has 0 saturated carbocycles. The Morgan fingerprint density at radius 2 is 1.65 bits per heavy atom. The number of aryl methyl sites for hydroxylation is 1. The molecule has 1 aliphatic rings. The molecule has 140 valence electrons. The Labute approximate surface area is 156 Å². The maximum atomic E-state index is 5.85. The van der Waals surface area contributed by atoms with Gasteiger partial charge in [-0.05, 0) is 61.6 Å². The second kappa shape index (κ2) is 8.45. The Balaban J connectivity index is 2.07. The fourth-order valence-electron chi connectivity index (χ4n) is 3.59. The lowest BCUT2D eigenvalue weighted by Gasteiger charge is -2.30. The molecule has 26 heavy (non-hydrogen) atoms. The van der Waals surface area contributed by atoms with Crippen LogP contribution in [0.15, 0.2) is 30.3 Å². The molecule has 0 bridgehead atoms. The second-order valence-electron chi connectivity index (χ2n) is 6.43. The van der Waals surface area contributed by atoms with Crippen LogP contribution in [0, 0.1) is 0 Å². The maximum Gasteiger partial charge on any atom is 0.161 e. The summed E-state index contributed by atoms with van der Waals surface area (Å²) >= 11 is 0. The first-order valence-corrected chi connectivity index (χ1v) is 9.54. The van der Waals surface area contributed by atoms with E-state index in [1.54, 1.807) is 7.11 Å². The van der Waals surface area contributed by atoms with Crippen molar-refractivity contribution in [2.24, 2.45) is 0 Å². The molecule has 4 nitrogen and oxygen atoms in total. The van der Waals surface area contributed by atoms with Gasteiger partial charge in [0.1, 0.15) is 5.75 Å². The van der Waals surface area contributed by atoms with E-state index in [1.807, 2.05) is 13.8 Å². The van der Waals surface area contributed by atoms with Crippen molar-refractivity contribution in [2.75, 3.05) is 26.9 Å². The van der Waals surface area contributed by atoms with Gasteiger partial charge in [-0.1, -0.05) is 19.1 Å². The zero-order chi connectivity index (χ0) is 18.5. The van der Waals surface area contributed by atoms with Gasteiger partial charge in [0.15, 0.2) is 11.5 Å². The summed E-state index contributed by atoms with van der Waals surface area (Å²) in [6.07, 6.45) is 1.98. The second-order valence-corrected chi connectivity index (χ2v) is 6.43. The van der Waals surface area contributed by atoms with Gasteiger partial charge < -0.3 is 19.5 Å². The summed E-state index contributed by atoms with van der Waals surface area (Å²) in [6.45, 7) is 8.33. The van der Waals surface area contributed by atoms with Crippen LogP contribution in [-0.4, -0.2) is 26.9 Å². The summed E-state index contributed by atoms with van der Waals surface area (Å²) in [4.78, 5) is 0. The molecule has 0 amide bonds. The number of methoxy groups -OCH3 is 1. The van der Waals surface area contributed by atoms with Crippen molar-refractivity contribution in [3.8, 4) is 17.2 Å². The van der Waals surface area contributed by atoms with Gasteiger partial charge in [0.2, 0.25) is 0 Å². The lowest BCUT2D eigenvalue weighted by Crippen LogP contribution is -2.31. The summed E-state index contributed by atoms with van der Waals surface area (Å²) in [7, 11) is 1.74. The summed E-state index contributed by atoms with van der Waals surface area (Å²) in [6, 6.07) is 10.9. The largest absolute Gasteiger partial charge is 0.496 e. The molecule has 4 heteroatoms. The van der Waals surface area contributed by atoms with Crippen LogP contribution in [0.5, 0.6) is 17.2 Å². The summed E-state index contributed by atoms with van der Waals surface area (Å²) in [5.74, 6) is 2.58. The first kappa shape index (κ1) is 18.6. The summed E-state index contributed by atoms with van der Waals surface area (Å²) < 4.78 is 17.4. The van der Waals surface area contributed by atoms with E-state index in [2.05, 4.69) is 42.6 Å². The zero-order valence-corrected chi connectivity index (χ0v) is 16.2. The van der Waals surface area contributed by atoms with Crippen LogP contribution >= 0.6 is 0 Å². The molecule has 2 aromatic rings. The highest BCUT2D eigenvalue weighted by atomic mass is 16.5. The van der Waals surface area contributed by atoms with Crippen LogP contribution in [0.1, 0.15) is 49.1 Å². The molecule has 1 heterocycles. The van der Waals surface area contributed by atoms with Gasteiger partial charge in [-0.15, -0.1) is 0 Å². The monoisotopic (exact) mass is 355 g/mol. The van der Waals surface area contributed by atoms with E-state index >= 15 is 0 Å². The molecule has 1 N–H and O–H groups in total. The zero-order valence-electron chi connectivity index (χ0n) is 16.2. The van der Waals surface area contributed by atoms with E-state index in [0.29, 0.717) is 13.2 Å². The van der Waals surface area contributed by atoms with E-state index in [1.165, 1.54) is 16.7 Å². The average Bonchev–Trinajstić information content (AvgIpc) is 2.68. The van der Waals surface area contributed by atoms with Crippen LogP contribution in [0.4, 0.5) is 0 Å². The fraction of sp³-hybridized carbons (Fsp3) is 0.455. The predicted molar refractivity (Wildman–Crippen MR) is 105 cm³/mol. The Hall–Kier alpha value is -2.20. The van der Waals surface area contributed by atoms with Crippen molar-refractivity contribution < 1.29 is 14.2 Å². The number of ether oxygens (including phenoxy) is 3. The van der Waals surface area contributed by atoms with Gasteiger partial charge in [0.25, 0.3) is 0 Å². The summed E-state index contributed by atoms with van der Waals surface area (Å²) in [5, 5.41) is 3.65. The van der Waals surface area contributed by atoms with Crippen molar-refractivity contribution in [3.05, 3.63) is 52.6 Å². The Morgan fingerprint density at radius 3 is 2.31 bits per heavy atom. The van der Waals surface area contributed by atoms with Crippen LogP contribution in [-0.2, 0) is 12.8 Å². The molecule has 0 fully saturated rings. The van der Waals surface area contributed by atoms with Crippen molar-refractivity contribution in [3.63, 3.8) is 0 Å². The molecular formula is C22H29NO3. The number of benzene rings is 2. The molecule has 1 unspecified atom stereocenters. The van der Waals surface area contributed by atoms with E-state index in [-0.39, 0.29) is 6.04 Å². The van der Waals surface area contributed by atoms with Crippen LogP contribution in [0.3, 0.4) is 0 Å². The SMILES string of the molecule is CCOc1cc2c(cc1OCC)C(c1ccc(CC)cc1OC)NCC2. The standard InChI is InChI=1S/C22H29NO3/c1-5-15-8-9-17(19(12-15)24-4)22-18-14-21(26-7-3)20(25-6-2)13-16(18)10-11-23-22/h8-9,12-14,22-23H,5-7,10-11H2,1-4H3. The minimum absolute atomic E-state index is 0.0921. The maximum absolute atomic E-state index is 5.85. The van der Waals surface area contributed by atoms with Crippen LogP contribution < -0.4 is 19.5 Å². The Morgan fingerprint density at radius 1 is 0.923 bits per heavy atom. The third-order valence-electron chi connectivity index (χ3n) is 4.88. The molecule has 0 aliphatic carbocycles. The van der Waals surface area contributed by atoms with Crippen LogP contribution in [0.2, 0.25) is 0 Å². The van der Waals surface area contributed by atoms with Gasteiger partial charge in [0.05, 0.1) is 26.4 Å². The molecule has 1 atom stereocenters. The highest BCUT2D eigenvalue weighted by Crippen LogP contribution is 2.40. The van der Waals surface area contributed by atoms with Gasteiger partial charge in [-0.3, -0.25) is 0 Å². The minimum atomic E-state index is 0.0921. The predicted octanol–water partition coefficient (Wildman–Crippen LogP) is 4.29. The van der Waals surface area contributed by atoms with Gasteiger partial charge >= 0.3 is 0 Å². The third-order valence-corrected chi connectivity index (χ3v) is 4.88. The van der Waals surface area contributed by atoms with E-state index in [9.17, 15) is 0 Å². The molecule has 0 radical (unpaired) electrons. The van der Waals surface area contributed by atoms with E-state index in [0.717, 1.165) is 42.2 Å². The number of fused-ring (bicyclic) bond motifs is 1. The number of hydrogen-bond acceptors (Lipinski definition) is 4. The smallest absolute Gasteiger partial charge is 0.161 e. The lowest BCUT2D eigenvalue weighted by molar-refractivity contribution is 0.286. The summed E-state index contributed by atoms with van der Waals surface area (Å²) in [5.41, 5.74) is 4.99. The first-order valence-electron chi connectivity index (χ1n) is 9.54. The molecule has 0 saturated heterocycles. The molecule has 0 aromatic heterocycles. The Bertz CT molecular complexity index is 757. The van der Waals surface area contributed by atoms with E-state index in [4.69, 9.17) is 14.2 Å². The molecular weight excluding hydrogens is 326 g/mol. The molecule has 0 spiro atoms. The van der Waals surface area contributed by atoms with Gasteiger partial charge in [-0.2, -0.15) is 0 Å². The van der Waals surface area contributed by atoms with Gasteiger partial charge in [0, 0.05) is 12.1 Å². The van der Waals surface area contributed by atoms with Gasteiger partial charge in [-0.25, -0.2) is 0 Å². The van der Waals surface area contributed by atoms with Crippen molar-refractivity contribution in [1.82, 2.24) is 5.32 Å². The van der Waals surface area contributed by atoms with E-state index < -0.39 is 0 Å². The highest BCUT2D eigenvalue weighted by molar-refractivity contribution is 5.53. The molecule has 2 aromatic carbocycles. The molecule has 3 rings (SSSR count). The quantitative estimate of drug-likeness (QED) is 0.804. The van der Waals surface area contributed by atoms with Crippen molar-refractivity contribution >= 4 is 0 Å². The topological polar surface area (TPSA) is 39.7 Å². The lowest BCUT2D eigenvalue weighted by atomic mass is 9.88. The van der Waals surface area contributed by atoms with Crippen molar-refractivity contribution in [1.29, 1.82) is 0 Å². The number of hydrogen-bond donors (Lipinski definition) is 1. The average molecular weight is 355 g/mol. The number of nitrogens with one attached hydrogen (secondary N) is 1. The normalized spacial score (nSPS) is 16.1. The highest BCUT2D eigenvalue weighted by Gasteiger charge is 2.26. The fourth-order valence-corrected chi connectivity index (χ4v) is 3.59. The number of rotatable bonds is 7. The van der Waals surface area contributed by atoms with Crippen molar-refractivity contribution in [2.45, 2.75) is 39.7 Å².